The highest BCUT2D eigenvalue weighted by atomic mass is 16.5. The van der Waals surface area contributed by atoms with E-state index in [1.54, 1.807) is 0 Å². The number of hydrogen-bond acceptors (Lipinski definition) is 4. The smallest absolute Gasteiger partial charge is 0.0877 e. The molecule has 1 heterocycles. The third kappa shape index (κ3) is 3.35. The van der Waals surface area contributed by atoms with Crippen LogP contribution in [0.15, 0.2) is 24.3 Å². The van der Waals surface area contributed by atoms with Gasteiger partial charge in [0.25, 0.3) is 0 Å². The zero-order chi connectivity index (χ0) is 12.3. The molecule has 2 rings (SSSR count). The molecule has 0 unspecified atom stereocenters. The van der Waals surface area contributed by atoms with E-state index in [1.165, 1.54) is 5.69 Å². The summed E-state index contributed by atoms with van der Waals surface area (Å²) in [6.07, 6.45) is 0.288. The van der Waals surface area contributed by atoms with E-state index in [0.29, 0.717) is 0 Å². The molecule has 0 saturated carbocycles. The van der Waals surface area contributed by atoms with Gasteiger partial charge < -0.3 is 20.3 Å². The summed E-state index contributed by atoms with van der Waals surface area (Å²) >= 11 is 0. The largest absolute Gasteiger partial charge is 0.399 e. The zero-order valence-electron chi connectivity index (χ0n) is 10.6. The second kappa shape index (κ2) is 5.38. The second-order valence-corrected chi connectivity index (χ2v) is 4.79. The Morgan fingerprint density at radius 2 is 2.06 bits per heavy atom. The van der Waals surface area contributed by atoms with Crippen molar-refractivity contribution < 1.29 is 4.74 Å². The lowest BCUT2D eigenvalue weighted by molar-refractivity contribution is 0.0248. The summed E-state index contributed by atoms with van der Waals surface area (Å²) < 4.78 is 5.76. The van der Waals surface area contributed by atoms with Crippen LogP contribution in [0, 0.1) is 0 Å². The number of morpholine rings is 1. The standard InChI is InChI=1S/C13H21N3O/c1-15(2)9-13-10-16(7-8-17-13)12-5-3-11(14)4-6-12/h3-6,13H,7-10,14H2,1-2H3/t13-/m1/s1. The van der Waals surface area contributed by atoms with E-state index in [2.05, 4.69) is 36.0 Å². The number of ether oxygens (including phenoxy) is 1. The molecule has 0 spiro atoms. The van der Waals surface area contributed by atoms with Crippen LogP contribution >= 0.6 is 0 Å². The van der Waals surface area contributed by atoms with E-state index in [1.807, 2.05) is 12.1 Å². The molecule has 1 saturated heterocycles. The minimum atomic E-state index is 0.288. The molecule has 4 heteroatoms. The summed E-state index contributed by atoms with van der Waals surface area (Å²) in [6.45, 7) is 3.66. The molecule has 1 aliphatic heterocycles. The maximum absolute atomic E-state index is 5.76. The molecule has 1 atom stereocenters. The number of hydrogen-bond donors (Lipinski definition) is 1. The Bertz CT molecular complexity index is 350. The van der Waals surface area contributed by atoms with Gasteiger partial charge in [-0.25, -0.2) is 0 Å². The number of nitrogens with zero attached hydrogens (tertiary/aromatic N) is 2. The maximum atomic E-state index is 5.76. The highest BCUT2D eigenvalue weighted by Crippen LogP contribution is 2.19. The number of rotatable bonds is 3. The van der Waals surface area contributed by atoms with Crippen LogP contribution in [-0.4, -0.2) is 51.3 Å². The van der Waals surface area contributed by atoms with E-state index in [4.69, 9.17) is 10.5 Å². The second-order valence-electron chi connectivity index (χ2n) is 4.79. The van der Waals surface area contributed by atoms with Crippen molar-refractivity contribution in [2.24, 2.45) is 0 Å². The van der Waals surface area contributed by atoms with Gasteiger partial charge in [0.05, 0.1) is 12.7 Å². The lowest BCUT2D eigenvalue weighted by atomic mass is 10.2. The highest BCUT2D eigenvalue weighted by molar-refractivity contribution is 5.53. The average molecular weight is 235 g/mol. The normalized spacial score (nSPS) is 20.9. The Hall–Kier alpha value is -1.26. The molecule has 0 aliphatic carbocycles. The molecule has 0 aromatic heterocycles. The number of benzene rings is 1. The molecule has 4 nitrogen and oxygen atoms in total. The van der Waals surface area contributed by atoms with Crippen LogP contribution in [0.25, 0.3) is 0 Å². The Morgan fingerprint density at radius 1 is 1.35 bits per heavy atom. The number of nitrogens with two attached hydrogens (primary N) is 1. The molecule has 0 radical (unpaired) electrons. The number of nitrogen functional groups attached to an aromatic ring is 1. The summed E-state index contributed by atoms with van der Waals surface area (Å²) in [4.78, 5) is 4.52. The van der Waals surface area contributed by atoms with Gasteiger partial charge in [-0.2, -0.15) is 0 Å². The van der Waals surface area contributed by atoms with Crippen LogP contribution in [0.5, 0.6) is 0 Å². The third-order valence-electron chi connectivity index (χ3n) is 2.97. The SMILES string of the molecule is CN(C)C[C@@H]1CN(c2ccc(N)cc2)CCO1. The van der Waals surface area contributed by atoms with Crippen LogP contribution in [-0.2, 0) is 4.74 Å². The third-order valence-corrected chi connectivity index (χ3v) is 2.97. The van der Waals surface area contributed by atoms with Gasteiger partial charge in [0.1, 0.15) is 0 Å². The van der Waals surface area contributed by atoms with Crippen LogP contribution < -0.4 is 10.6 Å². The Kier molecular flexibility index (Phi) is 3.86. The van der Waals surface area contributed by atoms with Crippen LogP contribution in [0.1, 0.15) is 0 Å². The summed E-state index contributed by atoms with van der Waals surface area (Å²) in [5.41, 5.74) is 7.74. The fourth-order valence-electron chi connectivity index (χ4n) is 2.16. The summed E-state index contributed by atoms with van der Waals surface area (Å²) in [5, 5.41) is 0. The van der Waals surface area contributed by atoms with Crippen molar-refractivity contribution in [3.8, 4) is 0 Å². The number of anilines is 2. The predicted molar refractivity (Wildman–Crippen MR) is 71.4 cm³/mol. The molecular formula is C13H21N3O. The highest BCUT2D eigenvalue weighted by Gasteiger charge is 2.20. The summed E-state index contributed by atoms with van der Waals surface area (Å²) in [6, 6.07) is 8.05. The monoisotopic (exact) mass is 235 g/mol. The van der Waals surface area contributed by atoms with Crippen molar-refractivity contribution in [3.05, 3.63) is 24.3 Å². The minimum Gasteiger partial charge on any atom is -0.399 e. The van der Waals surface area contributed by atoms with Crippen molar-refractivity contribution in [1.29, 1.82) is 0 Å². The van der Waals surface area contributed by atoms with Crippen LogP contribution in [0.4, 0.5) is 11.4 Å². The molecule has 1 aromatic rings. The van der Waals surface area contributed by atoms with Gasteiger partial charge in [0.15, 0.2) is 0 Å². The van der Waals surface area contributed by atoms with Crippen molar-refractivity contribution in [2.45, 2.75) is 6.10 Å². The molecule has 0 amide bonds. The van der Waals surface area contributed by atoms with Gasteiger partial charge in [-0.15, -0.1) is 0 Å². The topological polar surface area (TPSA) is 41.7 Å². The Balaban J connectivity index is 1.99. The Morgan fingerprint density at radius 3 is 2.71 bits per heavy atom. The van der Waals surface area contributed by atoms with Gasteiger partial charge in [-0.3, -0.25) is 0 Å². The van der Waals surface area contributed by atoms with Gasteiger partial charge in [0, 0.05) is 31.0 Å². The van der Waals surface area contributed by atoms with Crippen LogP contribution in [0.2, 0.25) is 0 Å². The first kappa shape index (κ1) is 12.2. The molecular weight excluding hydrogens is 214 g/mol. The maximum Gasteiger partial charge on any atom is 0.0877 e. The van der Waals surface area contributed by atoms with Gasteiger partial charge in [-0.1, -0.05) is 0 Å². The first-order chi connectivity index (χ1) is 8.15. The van der Waals surface area contributed by atoms with E-state index in [-0.39, 0.29) is 6.10 Å². The van der Waals surface area contributed by atoms with Gasteiger partial charge in [0.2, 0.25) is 0 Å². The van der Waals surface area contributed by atoms with E-state index < -0.39 is 0 Å². The van der Waals surface area contributed by atoms with Crippen molar-refractivity contribution >= 4 is 11.4 Å². The summed E-state index contributed by atoms with van der Waals surface area (Å²) in [5.74, 6) is 0. The van der Waals surface area contributed by atoms with Crippen molar-refractivity contribution in [2.75, 3.05) is 51.0 Å². The molecule has 1 aliphatic rings. The van der Waals surface area contributed by atoms with E-state index >= 15 is 0 Å². The van der Waals surface area contributed by atoms with Gasteiger partial charge >= 0.3 is 0 Å². The molecule has 2 N–H and O–H groups in total. The van der Waals surface area contributed by atoms with E-state index in [0.717, 1.165) is 31.9 Å². The quantitative estimate of drug-likeness (QED) is 0.795. The summed E-state index contributed by atoms with van der Waals surface area (Å²) in [7, 11) is 4.15. The fourth-order valence-corrected chi connectivity index (χ4v) is 2.16. The molecule has 1 aromatic carbocycles. The van der Waals surface area contributed by atoms with Crippen LogP contribution in [0.3, 0.4) is 0 Å². The van der Waals surface area contributed by atoms with Gasteiger partial charge in [-0.05, 0) is 38.4 Å². The lowest BCUT2D eigenvalue weighted by Crippen LogP contribution is -2.46. The zero-order valence-corrected chi connectivity index (χ0v) is 10.6. The lowest BCUT2D eigenvalue weighted by Gasteiger charge is -2.35. The average Bonchev–Trinajstić information content (AvgIpc) is 2.29. The Labute approximate surface area is 103 Å². The first-order valence-corrected chi connectivity index (χ1v) is 6.02. The predicted octanol–water partition coefficient (Wildman–Crippen LogP) is 1.04. The van der Waals surface area contributed by atoms with E-state index in [9.17, 15) is 0 Å². The minimum absolute atomic E-state index is 0.288. The van der Waals surface area contributed by atoms with Crippen molar-refractivity contribution in [3.63, 3.8) is 0 Å². The molecule has 94 valence electrons. The fraction of sp³-hybridized carbons (Fsp3) is 0.538. The molecule has 0 bridgehead atoms. The first-order valence-electron chi connectivity index (χ1n) is 6.02. The molecule has 1 fully saturated rings. The van der Waals surface area contributed by atoms with Crippen molar-refractivity contribution in [1.82, 2.24) is 4.90 Å². The number of likely N-dealkylation sites (N-methyl/N-ethyl adjacent to an activating group) is 1. The molecule has 17 heavy (non-hydrogen) atoms.